The maximum atomic E-state index is 6.04. The predicted octanol–water partition coefficient (Wildman–Crippen LogP) is 3.23. The zero-order valence-corrected chi connectivity index (χ0v) is 14.4. The second-order valence-corrected chi connectivity index (χ2v) is 7.20. The van der Waals surface area contributed by atoms with Crippen molar-refractivity contribution in [2.45, 2.75) is 46.1 Å². The van der Waals surface area contributed by atoms with Crippen LogP contribution < -0.4 is 11.1 Å². The summed E-state index contributed by atoms with van der Waals surface area (Å²) in [6, 6.07) is 8.16. The molecule has 1 aromatic carbocycles. The molecule has 0 bridgehead atoms. The summed E-state index contributed by atoms with van der Waals surface area (Å²) in [5.74, 6) is 1.27. The van der Waals surface area contributed by atoms with E-state index in [-0.39, 0.29) is 5.54 Å². The first-order valence-electron chi connectivity index (χ1n) is 8.25. The van der Waals surface area contributed by atoms with E-state index in [9.17, 15) is 0 Å². The van der Waals surface area contributed by atoms with Crippen molar-refractivity contribution in [2.75, 3.05) is 25.0 Å². The molecule has 0 spiro atoms. The molecule has 4 heteroatoms. The lowest BCUT2D eigenvalue weighted by Gasteiger charge is -2.42. The van der Waals surface area contributed by atoms with Crippen LogP contribution in [0.25, 0.3) is 0 Å². The Morgan fingerprint density at radius 1 is 1.45 bits per heavy atom. The lowest BCUT2D eigenvalue weighted by atomic mass is 9.94. The molecule has 22 heavy (non-hydrogen) atoms. The van der Waals surface area contributed by atoms with Gasteiger partial charge in [0.15, 0.2) is 5.96 Å². The quantitative estimate of drug-likeness (QED) is 0.663. The molecule has 1 aliphatic rings. The van der Waals surface area contributed by atoms with Gasteiger partial charge in [-0.15, -0.1) is 0 Å². The van der Waals surface area contributed by atoms with Gasteiger partial charge in [-0.3, -0.25) is 9.89 Å². The lowest BCUT2D eigenvalue weighted by molar-refractivity contribution is 0.0775. The van der Waals surface area contributed by atoms with Crippen LogP contribution in [0.1, 0.15) is 39.2 Å². The van der Waals surface area contributed by atoms with Crippen LogP contribution in [0, 0.1) is 12.8 Å². The average Bonchev–Trinajstić information content (AvgIpc) is 2.45. The zero-order valence-electron chi connectivity index (χ0n) is 14.4. The number of nitrogens with zero attached hydrogens (tertiary/aromatic N) is 2. The highest BCUT2D eigenvalue weighted by atomic mass is 15.2. The molecule has 1 aliphatic heterocycles. The van der Waals surface area contributed by atoms with E-state index in [0.717, 1.165) is 24.7 Å². The number of guanidine groups is 1. The van der Waals surface area contributed by atoms with Gasteiger partial charge < -0.3 is 11.1 Å². The fraction of sp³-hybridized carbons (Fsp3) is 0.611. The van der Waals surface area contributed by atoms with Crippen LogP contribution in [0.5, 0.6) is 0 Å². The number of likely N-dealkylation sites (tertiary alicyclic amines) is 1. The number of aliphatic imine (C=N–C) groups is 1. The standard InChI is InChI=1S/C18H30N4/c1-14-7-5-9-16(11-14)21-17(19)20-13-18(3,4)22-10-6-8-15(2)12-22/h5,7,9,11,15H,6,8,10,12-13H2,1-4H3,(H3,19,20,21). The Kier molecular flexibility index (Phi) is 5.46. The van der Waals surface area contributed by atoms with Gasteiger partial charge in [-0.25, -0.2) is 0 Å². The van der Waals surface area contributed by atoms with E-state index in [0.29, 0.717) is 12.5 Å². The average molecular weight is 302 g/mol. The van der Waals surface area contributed by atoms with Gasteiger partial charge in [0.05, 0.1) is 6.54 Å². The van der Waals surface area contributed by atoms with Crippen LogP contribution in [0.15, 0.2) is 29.3 Å². The molecule has 1 heterocycles. The fourth-order valence-corrected chi connectivity index (χ4v) is 3.03. The van der Waals surface area contributed by atoms with Crippen LogP contribution >= 0.6 is 0 Å². The van der Waals surface area contributed by atoms with Gasteiger partial charge in [-0.05, 0) is 63.8 Å². The van der Waals surface area contributed by atoms with Gasteiger partial charge in [0.1, 0.15) is 0 Å². The van der Waals surface area contributed by atoms with Crippen molar-refractivity contribution in [1.82, 2.24) is 4.90 Å². The highest BCUT2D eigenvalue weighted by Crippen LogP contribution is 2.24. The summed E-state index contributed by atoms with van der Waals surface area (Å²) < 4.78 is 0. The summed E-state index contributed by atoms with van der Waals surface area (Å²) in [5.41, 5.74) is 8.29. The minimum absolute atomic E-state index is 0.0492. The number of rotatable bonds is 4. The number of hydrogen-bond acceptors (Lipinski definition) is 2. The number of nitrogens with one attached hydrogen (secondary N) is 1. The van der Waals surface area contributed by atoms with Gasteiger partial charge in [-0.1, -0.05) is 19.1 Å². The van der Waals surface area contributed by atoms with E-state index < -0.39 is 0 Å². The SMILES string of the molecule is Cc1cccc(NC(N)=NCC(C)(C)N2CCCC(C)C2)c1. The van der Waals surface area contributed by atoms with Gasteiger partial charge in [0.25, 0.3) is 0 Å². The Labute approximate surface area is 134 Å². The summed E-state index contributed by atoms with van der Waals surface area (Å²) in [6.07, 6.45) is 2.62. The van der Waals surface area contributed by atoms with Crippen molar-refractivity contribution in [3.05, 3.63) is 29.8 Å². The number of anilines is 1. The fourth-order valence-electron chi connectivity index (χ4n) is 3.03. The van der Waals surface area contributed by atoms with Crippen LogP contribution in [0.2, 0.25) is 0 Å². The molecular formula is C18H30N4. The molecule has 2 rings (SSSR count). The first kappa shape index (κ1) is 16.8. The second-order valence-electron chi connectivity index (χ2n) is 7.20. The molecule has 1 unspecified atom stereocenters. The van der Waals surface area contributed by atoms with Gasteiger partial charge in [0, 0.05) is 17.8 Å². The molecule has 0 saturated carbocycles. The Balaban J connectivity index is 1.94. The Hall–Kier alpha value is -1.55. The van der Waals surface area contributed by atoms with Crippen molar-refractivity contribution in [1.29, 1.82) is 0 Å². The molecule has 0 radical (unpaired) electrons. The van der Waals surface area contributed by atoms with Crippen LogP contribution in [-0.2, 0) is 0 Å². The Bertz CT molecular complexity index is 522. The smallest absolute Gasteiger partial charge is 0.193 e. The van der Waals surface area contributed by atoms with Crippen molar-refractivity contribution >= 4 is 11.6 Å². The minimum Gasteiger partial charge on any atom is -0.370 e. The van der Waals surface area contributed by atoms with Crippen molar-refractivity contribution < 1.29 is 0 Å². The monoisotopic (exact) mass is 302 g/mol. The van der Waals surface area contributed by atoms with E-state index in [2.05, 4.69) is 55.0 Å². The van der Waals surface area contributed by atoms with E-state index in [1.54, 1.807) is 0 Å². The molecule has 1 fully saturated rings. The first-order valence-corrected chi connectivity index (χ1v) is 8.25. The molecule has 3 N–H and O–H groups in total. The van der Waals surface area contributed by atoms with Crippen molar-refractivity contribution in [3.63, 3.8) is 0 Å². The maximum Gasteiger partial charge on any atom is 0.193 e. The van der Waals surface area contributed by atoms with Crippen LogP contribution in [0.4, 0.5) is 5.69 Å². The van der Waals surface area contributed by atoms with E-state index >= 15 is 0 Å². The van der Waals surface area contributed by atoms with Gasteiger partial charge in [0.2, 0.25) is 0 Å². The number of benzene rings is 1. The largest absolute Gasteiger partial charge is 0.370 e. The molecule has 0 aromatic heterocycles. The lowest BCUT2D eigenvalue weighted by Crippen LogP contribution is -2.51. The Morgan fingerprint density at radius 3 is 2.91 bits per heavy atom. The van der Waals surface area contributed by atoms with Crippen molar-refractivity contribution in [2.24, 2.45) is 16.6 Å². The summed E-state index contributed by atoms with van der Waals surface area (Å²) in [4.78, 5) is 7.11. The van der Waals surface area contributed by atoms with Crippen LogP contribution in [-0.4, -0.2) is 36.0 Å². The normalized spacial score (nSPS) is 20.9. The molecule has 1 aromatic rings. The summed E-state index contributed by atoms with van der Waals surface area (Å²) >= 11 is 0. The summed E-state index contributed by atoms with van der Waals surface area (Å²) in [7, 11) is 0. The Morgan fingerprint density at radius 2 is 2.23 bits per heavy atom. The van der Waals surface area contributed by atoms with Crippen LogP contribution in [0.3, 0.4) is 0 Å². The second kappa shape index (κ2) is 7.14. The summed E-state index contributed by atoms with van der Waals surface area (Å²) in [6.45, 7) is 12.0. The number of piperidine rings is 1. The maximum absolute atomic E-state index is 6.04. The number of nitrogens with two attached hydrogens (primary N) is 1. The van der Waals surface area contributed by atoms with Gasteiger partial charge in [-0.2, -0.15) is 0 Å². The molecule has 4 nitrogen and oxygen atoms in total. The third kappa shape index (κ3) is 4.73. The van der Waals surface area contributed by atoms with E-state index in [1.807, 2.05) is 12.1 Å². The van der Waals surface area contributed by atoms with Gasteiger partial charge >= 0.3 is 0 Å². The zero-order chi connectivity index (χ0) is 16.2. The molecule has 0 aliphatic carbocycles. The minimum atomic E-state index is 0.0492. The highest BCUT2D eigenvalue weighted by Gasteiger charge is 2.29. The molecule has 1 saturated heterocycles. The number of hydrogen-bond donors (Lipinski definition) is 2. The third-order valence-electron chi connectivity index (χ3n) is 4.44. The molecule has 122 valence electrons. The highest BCUT2D eigenvalue weighted by molar-refractivity contribution is 5.92. The first-order chi connectivity index (χ1) is 10.4. The van der Waals surface area contributed by atoms with E-state index in [1.165, 1.54) is 18.4 Å². The molecule has 0 amide bonds. The predicted molar refractivity (Wildman–Crippen MR) is 95.3 cm³/mol. The third-order valence-corrected chi connectivity index (χ3v) is 4.44. The topological polar surface area (TPSA) is 53.6 Å². The molecular weight excluding hydrogens is 272 g/mol. The summed E-state index contributed by atoms with van der Waals surface area (Å²) in [5, 5.41) is 3.18. The number of aryl methyl sites for hydroxylation is 1. The van der Waals surface area contributed by atoms with E-state index in [4.69, 9.17) is 5.73 Å². The van der Waals surface area contributed by atoms with Crippen molar-refractivity contribution in [3.8, 4) is 0 Å². The molecule has 1 atom stereocenters.